The Morgan fingerprint density at radius 3 is 0.701 bits per heavy atom. The van der Waals surface area contributed by atoms with E-state index in [1.165, 1.54) is 0 Å². The van der Waals surface area contributed by atoms with Crippen molar-refractivity contribution in [3.8, 4) is 0 Å². The lowest BCUT2D eigenvalue weighted by Gasteiger charge is -2.35. The zero-order chi connectivity index (χ0) is 64.2. The number of hydrogen-bond acceptors (Lipinski definition) is 22. The predicted octanol–water partition coefficient (Wildman–Crippen LogP) is 2.37. The van der Waals surface area contributed by atoms with Crippen molar-refractivity contribution in [3.63, 3.8) is 0 Å². The quantitative estimate of drug-likeness (QED) is 0.0291. The van der Waals surface area contributed by atoms with E-state index in [-0.39, 0.29) is 82.7 Å². The van der Waals surface area contributed by atoms with Gasteiger partial charge in [0.2, 0.25) is 0 Å². The van der Waals surface area contributed by atoms with E-state index in [1.807, 2.05) is 31.8 Å². The summed E-state index contributed by atoms with van der Waals surface area (Å²) in [4.78, 5) is 7.97. The van der Waals surface area contributed by atoms with Crippen LogP contribution in [0.3, 0.4) is 0 Å². The fourth-order valence-electron chi connectivity index (χ4n) is 8.48. The Labute approximate surface area is 522 Å². The Morgan fingerprint density at radius 1 is 0.356 bits per heavy atom. The smallest absolute Gasteiger partial charge is 0.104 e. The molecule has 502 valence electrons. The van der Waals surface area contributed by atoms with E-state index in [2.05, 4.69) is 71.1 Å². The molecule has 4 aliphatic heterocycles. The fourth-order valence-corrected chi connectivity index (χ4v) is 8.48. The predicted molar refractivity (Wildman–Crippen MR) is 343 cm³/mol. The topological polar surface area (TPSA) is 250 Å². The van der Waals surface area contributed by atoms with Crippen LogP contribution in [0.1, 0.15) is 0 Å². The molecule has 0 aliphatic carbocycles. The molecular weight excluding hydrogens is 1120 g/mol. The highest BCUT2D eigenvalue weighted by Crippen LogP contribution is 2.26. The van der Waals surface area contributed by atoms with Crippen LogP contribution in [0.15, 0.2) is 127 Å². The van der Waals surface area contributed by atoms with Gasteiger partial charge in [0.15, 0.2) is 0 Å². The largest absolute Gasteiger partial charge is 0.400 e. The van der Waals surface area contributed by atoms with Crippen molar-refractivity contribution in [2.75, 3.05) is 231 Å². The number of hydrogen-bond donors (Lipinski definition) is 6. The van der Waals surface area contributed by atoms with Crippen LogP contribution >= 0.6 is 0 Å². The summed E-state index contributed by atoms with van der Waals surface area (Å²) in [5.41, 5.74) is -1.29. The average molecular weight is 1240 g/mol. The van der Waals surface area contributed by atoms with Crippen LogP contribution in [0, 0.1) is 10.8 Å². The molecule has 22 heteroatoms. The van der Waals surface area contributed by atoms with Gasteiger partial charge in [-0.25, -0.2) is 0 Å². The molecule has 0 bridgehead atoms. The first-order valence-electron chi connectivity index (χ1n) is 30.2. The summed E-state index contributed by atoms with van der Waals surface area (Å²) >= 11 is 0. The Bertz CT molecular complexity index is 1510. The molecule has 8 unspecified atom stereocenters. The van der Waals surface area contributed by atoms with E-state index in [0.29, 0.717) is 131 Å². The standard InChI is InChI=1S/C41H72N4O8.C17H28O8.C6H11N.CH4O/c1-9-17-42(18-10-2)25-37(46)29-50-33-41(34-51-30-38(47)26-43(19-11-3)20-12-4,35-52-31-39(48)27-44(21-13-5)22-14-6)36-53-32-40(49)28-45(23-15-7)24-16-8;1(13-5-22-13)18-9-17(10-19-2-14-6-23-14,11-20-3-15-7-24-15)12-21-4-16-8-25-16;1-3-5-7-6-4-2;1-2/h9-16,37-40,46-49H,1-8,17-36H2;13-16H,1-12H2;3-4,7H,1-2,5-6H2;2H,1H3. The van der Waals surface area contributed by atoms with E-state index < -0.39 is 29.8 Å². The van der Waals surface area contributed by atoms with E-state index in [0.717, 1.165) is 46.6 Å². The number of nitrogens with zero attached hydrogens (tertiary/aromatic N) is 4. The lowest BCUT2D eigenvalue weighted by atomic mass is 9.92. The van der Waals surface area contributed by atoms with Gasteiger partial charge < -0.3 is 87.7 Å². The monoisotopic (exact) mass is 1240 g/mol. The minimum atomic E-state index is -0.938. The highest BCUT2D eigenvalue weighted by Gasteiger charge is 2.38. The maximum Gasteiger partial charge on any atom is 0.104 e. The van der Waals surface area contributed by atoms with Gasteiger partial charge in [0.25, 0.3) is 0 Å². The second kappa shape index (κ2) is 53.2. The summed E-state index contributed by atoms with van der Waals surface area (Å²) < 4.78 is 68.9. The van der Waals surface area contributed by atoms with Gasteiger partial charge in [-0.15, -0.1) is 65.8 Å². The van der Waals surface area contributed by atoms with Crippen molar-refractivity contribution < 1.29 is 82.4 Å². The van der Waals surface area contributed by atoms with Crippen LogP contribution in [-0.4, -0.2) is 325 Å². The molecule has 8 atom stereocenters. The molecule has 6 N–H and O–H groups in total. The number of aliphatic hydroxyl groups is 5. The number of ether oxygens (including phenoxy) is 12. The molecule has 87 heavy (non-hydrogen) atoms. The molecule has 0 spiro atoms. The van der Waals surface area contributed by atoms with Gasteiger partial charge in [0.05, 0.1) is 167 Å². The highest BCUT2D eigenvalue weighted by atomic mass is 16.6. The molecule has 0 saturated carbocycles. The first-order chi connectivity index (χ1) is 42.3. The molecule has 22 nitrogen and oxygen atoms in total. The molecule has 0 aromatic carbocycles. The first-order valence-corrected chi connectivity index (χ1v) is 30.2. The lowest BCUT2D eigenvalue weighted by molar-refractivity contribution is -0.134. The normalized spacial score (nSPS) is 19.8. The van der Waals surface area contributed by atoms with Gasteiger partial charge in [0.1, 0.15) is 24.4 Å². The maximum absolute atomic E-state index is 10.8. The zero-order valence-electron chi connectivity index (χ0n) is 52.9. The Balaban J connectivity index is 0.000000899. The summed E-state index contributed by atoms with van der Waals surface area (Å²) in [6.07, 6.45) is 15.5. The van der Waals surface area contributed by atoms with E-state index >= 15 is 0 Å². The van der Waals surface area contributed by atoms with Crippen LogP contribution in [0.5, 0.6) is 0 Å². The van der Waals surface area contributed by atoms with Gasteiger partial charge in [-0.2, -0.15) is 0 Å². The SMILES string of the molecule is C(OCC(COCC1CO1)(COCC1CO1)COCC1CO1)C1CO1.C=CCN(CC=C)CC(O)COCC(COCC(O)CN(CC=C)CC=C)(COCC(O)CN(CC=C)CC=C)COCC(O)CN(CC=C)CC=C.C=CCNCC=C.CO. The molecule has 4 saturated heterocycles. The highest BCUT2D eigenvalue weighted by molar-refractivity contribution is 4.88. The van der Waals surface area contributed by atoms with E-state index in [4.69, 9.17) is 61.9 Å². The van der Waals surface area contributed by atoms with Crippen molar-refractivity contribution >= 4 is 0 Å². The van der Waals surface area contributed by atoms with Crippen molar-refractivity contribution in [1.29, 1.82) is 0 Å². The Kier molecular flexibility index (Phi) is 49.9. The molecule has 0 radical (unpaired) electrons. The average Bonchev–Trinajstić information content (AvgIpc) is 4.32. The van der Waals surface area contributed by atoms with Crippen LogP contribution in [0.4, 0.5) is 0 Å². The van der Waals surface area contributed by atoms with Gasteiger partial charge >= 0.3 is 0 Å². The van der Waals surface area contributed by atoms with E-state index in [1.54, 1.807) is 48.6 Å². The molecule has 4 heterocycles. The summed E-state index contributed by atoms with van der Waals surface area (Å²) in [7, 11) is 1.00. The Morgan fingerprint density at radius 2 is 0.540 bits per heavy atom. The number of epoxide rings is 4. The summed E-state index contributed by atoms with van der Waals surface area (Å²) in [5, 5.41) is 53.4. The summed E-state index contributed by atoms with van der Waals surface area (Å²) in [6.45, 7) is 53.1. The van der Waals surface area contributed by atoms with Gasteiger partial charge in [-0.3, -0.25) is 19.6 Å². The molecule has 4 aliphatic rings. The van der Waals surface area contributed by atoms with Crippen LogP contribution in [0.2, 0.25) is 0 Å². The van der Waals surface area contributed by atoms with Gasteiger partial charge in [0, 0.05) is 98.7 Å². The molecule has 4 rings (SSSR count). The minimum Gasteiger partial charge on any atom is -0.400 e. The van der Waals surface area contributed by atoms with E-state index in [9.17, 15) is 20.4 Å². The third-order valence-electron chi connectivity index (χ3n) is 12.9. The Hall–Kier alpha value is -3.48. The molecule has 4 fully saturated rings. The second-order valence-corrected chi connectivity index (χ2v) is 22.0. The van der Waals surface area contributed by atoms with Crippen molar-refractivity contribution in [2.24, 2.45) is 10.8 Å². The summed E-state index contributed by atoms with van der Waals surface area (Å²) in [5.74, 6) is 0. The van der Waals surface area contributed by atoms with Crippen LogP contribution < -0.4 is 5.32 Å². The third-order valence-corrected chi connectivity index (χ3v) is 12.9. The summed E-state index contributed by atoms with van der Waals surface area (Å²) in [6, 6.07) is 0. The van der Waals surface area contributed by atoms with Crippen LogP contribution in [0.25, 0.3) is 0 Å². The third kappa shape index (κ3) is 45.4. The molecular formula is C65H115N5O17. The van der Waals surface area contributed by atoms with Gasteiger partial charge in [-0.1, -0.05) is 60.8 Å². The fraction of sp³-hybridized carbons (Fsp3) is 0.692. The molecule has 0 amide bonds. The van der Waals surface area contributed by atoms with Crippen molar-refractivity contribution in [1.82, 2.24) is 24.9 Å². The lowest BCUT2D eigenvalue weighted by Crippen LogP contribution is -2.45. The number of nitrogens with one attached hydrogen (secondary N) is 1. The minimum absolute atomic E-state index is 0.0224. The first kappa shape index (κ1) is 81.5. The van der Waals surface area contributed by atoms with Crippen molar-refractivity contribution in [3.05, 3.63) is 127 Å². The maximum atomic E-state index is 10.8. The number of aliphatic hydroxyl groups excluding tert-OH is 5. The van der Waals surface area contributed by atoms with Crippen molar-refractivity contribution in [2.45, 2.75) is 48.8 Å². The molecule has 0 aromatic heterocycles. The zero-order valence-corrected chi connectivity index (χ0v) is 52.9. The van der Waals surface area contributed by atoms with Gasteiger partial charge in [-0.05, 0) is 0 Å². The second-order valence-electron chi connectivity index (χ2n) is 22.0. The molecule has 0 aromatic rings. The number of rotatable bonds is 60. The van der Waals surface area contributed by atoms with Crippen LogP contribution in [-0.2, 0) is 56.8 Å².